The van der Waals surface area contributed by atoms with Crippen LogP contribution in [0.3, 0.4) is 0 Å². The molecule has 0 atom stereocenters. The van der Waals surface area contributed by atoms with Crippen LogP contribution in [0.2, 0.25) is 0 Å². The maximum absolute atomic E-state index is 12.2. The number of hydrogen-bond donors (Lipinski definition) is 1. The Morgan fingerprint density at radius 1 is 1.04 bits per heavy atom. The van der Waals surface area contributed by atoms with Gasteiger partial charge in [0.2, 0.25) is 5.91 Å². The highest BCUT2D eigenvalue weighted by Crippen LogP contribution is 2.13. The van der Waals surface area contributed by atoms with Crippen LogP contribution in [0.5, 0.6) is 0 Å². The number of benzene rings is 2. The van der Waals surface area contributed by atoms with Gasteiger partial charge in [0.15, 0.2) is 0 Å². The lowest BCUT2D eigenvalue weighted by Crippen LogP contribution is -2.29. The molecule has 1 N–H and O–H groups in total. The Kier molecular flexibility index (Phi) is 5.72. The van der Waals surface area contributed by atoms with Gasteiger partial charge in [0.25, 0.3) is 5.56 Å². The summed E-state index contributed by atoms with van der Waals surface area (Å²) in [5, 5.41) is 2.76. The van der Waals surface area contributed by atoms with Gasteiger partial charge in [0.05, 0.1) is 12.0 Å². The van der Waals surface area contributed by atoms with E-state index in [1.54, 1.807) is 6.08 Å². The molecule has 0 aliphatic carbocycles. The van der Waals surface area contributed by atoms with Gasteiger partial charge in [-0.05, 0) is 11.6 Å². The molecule has 3 aromatic rings. The Hall–Kier alpha value is -3.47. The smallest absolute Gasteiger partial charge is 0.253 e. The van der Waals surface area contributed by atoms with Crippen LogP contribution < -0.4 is 10.9 Å². The molecule has 1 amide bonds. The van der Waals surface area contributed by atoms with Crippen molar-refractivity contribution >= 4 is 12.0 Å². The lowest BCUT2D eigenvalue weighted by Gasteiger charge is -2.07. The minimum Gasteiger partial charge on any atom is -0.351 e. The third-order valence-electron chi connectivity index (χ3n) is 3.83. The molecule has 0 radical (unpaired) electrons. The maximum Gasteiger partial charge on any atom is 0.253 e. The molecular weight excluding hydrogens is 326 g/mol. The molecular formula is C21H19N3O2. The minimum atomic E-state index is -0.198. The second-order valence-electron chi connectivity index (χ2n) is 5.71. The highest BCUT2D eigenvalue weighted by Gasteiger charge is 2.03. The Bertz CT molecular complexity index is 948. The fourth-order valence-corrected chi connectivity index (χ4v) is 2.46. The molecule has 0 bridgehead atoms. The average Bonchev–Trinajstić information content (AvgIpc) is 2.69. The zero-order valence-electron chi connectivity index (χ0n) is 14.2. The molecule has 0 saturated carbocycles. The molecule has 3 rings (SSSR count). The number of carbonyl (C=O) groups excluding carboxylic acids is 1. The molecule has 0 aliphatic heterocycles. The summed E-state index contributed by atoms with van der Waals surface area (Å²) in [6.07, 6.45) is 4.74. The van der Waals surface area contributed by atoms with Gasteiger partial charge in [-0.1, -0.05) is 60.7 Å². The van der Waals surface area contributed by atoms with Crippen molar-refractivity contribution in [3.05, 3.63) is 95.1 Å². The van der Waals surface area contributed by atoms with Crippen molar-refractivity contribution in [2.45, 2.75) is 6.54 Å². The highest BCUT2D eigenvalue weighted by atomic mass is 16.1. The Morgan fingerprint density at radius 3 is 2.42 bits per heavy atom. The van der Waals surface area contributed by atoms with Crippen LogP contribution in [0, 0.1) is 0 Å². The van der Waals surface area contributed by atoms with Crippen LogP contribution in [-0.2, 0) is 11.3 Å². The van der Waals surface area contributed by atoms with Crippen LogP contribution in [0.4, 0.5) is 0 Å². The van der Waals surface area contributed by atoms with Crippen molar-refractivity contribution in [1.82, 2.24) is 14.9 Å². The van der Waals surface area contributed by atoms with Crippen molar-refractivity contribution in [1.29, 1.82) is 0 Å². The van der Waals surface area contributed by atoms with E-state index in [0.29, 0.717) is 18.8 Å². The fourth-order valence-electron chi connectivity index (χ4n) is 2.46. The normalized spacial score (nSPS) is 10.8. The van der Waals surface area contributed by atoms with Crippen LogP contribution in [0.15, 0.2) is 83.9 Å². The molecule has 0 saturated heterocycles. The first-order valence-electron chi connectivity index (χ1n) is 8.35. The van der Waals surface area contributed by atoms with E-state index < -0.39 is 0 Å². The van der Waals surface area contributed by atoms with E-state index in [1.165, 1.54) is 23.0 Å². The average molecular weight is 345 g/mol. The number of nitrogens with one attached hydrogen (secondary N) is 1. The summed E-state index contributed by atoms with van der Waals surface area (Å²) in [4.78, 5) is 28.3. The summed E-state index contributed by atoms with van der Waals surface area (Å²) in [5.41, 5.74) is 2.35. The SMILES string of the molecule is O=C(/C=C/c1ccccc1)NCCn1cnc(-c2ccccc2)cc1=O. The minimum absolute atomic E-state index is 0.145. The largest absolute Gasteiger partial charge is 0.351 e. The van der Waals surface area contributed by atoms with Gasteiger partial charge in [-0.2, -0.15) is 0 Å². The lowest BCUT2D eigenvalue weighted by atomic mass is 10.1. The molecule has 0 fully saturated rings. The molecule has 130 valence electrons. The quantitative estimate of drug-likeness (QED) is 0.699. The summed E-state index contributed by atoms with van der Waals surface area (Å²) in [5.74, 6) is -0.198. The molecule has 1 aromatic heterocycles. The fraction of sp³-hybridized carbons (Fsp3) is 0.0952. The molecule has 0 aliphatic rings. The van der Waals surface area contributed by atoms with Crippen LogP contribution in [-0.4, -0.2) is 22.0 Å². The first kappa shape index (κ1) is 17.4. The van der Waals surface area contributed by atoms with Crippen molar-refractivity contribution in [2.75, 3.05) is 6.54 Å². The monoisotopic (exact) mass is 345 g/mol. The number of carbonyl (C=O) groups is 1. The number of aromatic nitrogens is 2. The number of rotatable bonds is 6. The van der Waals surface area contributed by atoms with Crippen LogP contribution in [0.25, 0.3) is 17.3 Å². The standard InChI is InChI=1S/C21H19N3O2/c25-20(12-11-17-7-3-1-4-8-17)22-13-14-24-16-23-19(15-21(24)26)18-9-5-2-6-10-18/h1-12,15-16H,13-14H2,(H,22,25)/b12-11+. The van der Waals surface area contributed by atoms with E-state index in [1.807, 2.05) is 60.7 Å². The molecule has 0 spiro atoms. The van der Waals surface area contributed by atoms with Crippen LogP contribution in [0.1, 0.15) is 5.56 Å². The Balaban J connectivity index is 1.54. The van der Waals surface area contributed by atoms with Crippen molar-refractivity contribution in [3.63, 3.8) is 0 Å². The van der Waals surface area contributed by atoms with E-state index in [4.69, 9.17) is 0 Å². The van der Waals surface area contributed by atoms with Crippen molar-refractivity contribution in [3.8, 4) is 11.3 Å². The number of nitrogens with zero attached hydrogens (tertiary/aromatic N) is 2. The van der Waals surface area contributed by atoms with E-state index in [9.17, 15) is 9.59 Å². The van der Waals surface area contributed by atoms with Gasteiger partial charge in [0, 0.05) is 30.8 Å². The molecule has 2 aromatic carbocycles. The first-order valence-corrected chi connectivity index (χ1v) is 8.35. The van der Waals surface area contributed by atoms with Crippen molar-refractivity contribution in [2.24, 2.45) is 0 Å². The third-order valence-corrected chi connectivity index (χ3v) is 3.83. The van der Waals surface area contributed by atoms with E-state index >= 15 is 0 Å². The highest BCUT2D eigenvalue weighted by molar-refractivity contribution is 5.91. The van der Waals surface area contributed by atoms with E-state index in [-0.39, 0.29) is 11.5 Å². The van der Waals surface area contributed by atoms with Crippen molar-refractivity contribution < 1.29 is 4.79 Å². The van der Waals surface area contributed by atoms with Gasteiger partial charge in [-0.15, -0.1) is 0 Å². The third kappa shape index (κ3) is 4.77. The predicted molar refractivity (Wildman–Crippen MR) is 102 cm³/mol. The molecule has 5 heteroatoms. The van der Waals surface area contributed by atoms with Gasteiger partial charge >= 0.3 is 0 Å². The van der Waals surface area contributed by atoms with Gasteiger partial charge in [-0.25, -0.2) is 4.98 Å². The summed E-state index contributed by atoms with van der Waals surface area (Å²) < 4.78 is 1.48. The van der Waals surface area contributed by atoms with Crippen LogP contribution >= 0.6 is 0 Å². The predicted octanol–water partition coefficient (Wildman–Crippen LogP) is 2.74. The van der Waals surface area contributed by atoms with Gasteiger partial charge in [0.1, 0.15) is 0 Å². The number of amides is 1. The zero-order chi connectivity index (χ0) is 18.2. The lowest BCUT2D eigenvalue weighted by molar-refractivity contribution is -0.116. The summed E-state index contributed by atoms with van der Waals surface area (Å²) in [6, 6.07) is 20.6. The second-order valence-corrected chi connectivity index (χ2v) is 5.71. The first-order chi connectivity index (χ1) is 12.7. The topological polar surface area (TPSA) is 64.0 Å². The zero-order valence-corrected chi connectivity index (χ0v) is 14.2. The van der Waals surface area contributed by atoms with E-state index in [2.05, 4.69) is 10.3 Å². The van der Waals surface area contributed by atoms with E-state index in [0.717, 1.165) is 11.1 Å². The molecule has 5 nitrogen and oxygen atoms in total. The maximum atomic E-state index is 12.2. The molecule has 0 unspecified atom stereocenters. The summed E-state index contributed by atoms with van der Waals surface area (Å²) >= 11 is 0. The Morgan fingerprint density at radius 2 is 1.73 bits per heavy atom. The van der Waals surface area contributed by atoms with Gasteiger partial charge < -0.3 is 5.32 Å². The summed E-state index contributed by atoms with van der Waals surface area (Å²) in [7, 11) is 0. The Labute approximate surface area is 151 Å². The second kappa shape index (κ2) is 8.58. The molecule has 26 heavy (non-hydrogen) atoms. The molecule has 1 heterocycles. The van der Waals surface area contributed by atoms with Gasteiger partial charge in [-0.3, -0.25) is 14.2 Å². The number of hydrogen-bond acceptors (Lipinski definition) is 3. The summed E-state index contributed by atoms with van der Waals surface area (Å²) in [6.45, 7) is 0.718.